The number of carbonyl (C=O) groups is 1. The van der Waals surface area contributed by atoms with Gasteiger partial charge in [-0.2, -0.15) is 0 Å². The fraction of sp³-hybridized carbons (Fsp3) is 0.312. The molecule has 20 heavy (non-hydrogen) atoms. The molecule has 2 aromatic rings. The molecule has 2 unspecified atom stereocenters. The van der Waals surface area contributed by atoms with Crippen LogP contribution in [-0.2, 0) is 4.79 Å². The lowest BCUT2D eigenvalue weighted by Crippen LogP contribution is -2.32. The van der Waals surface area contributed by atoms with Crippen molar-refractivity contribution in [2.45, 2.75) is 37.0 Å². The zero-order valence-electron chi connectivity index (χ0n) is 11.9. The van der Waals surface area contributed by atoms with E-state index < -0.39 is 0 Å². The summed E-state index contributed by atoms with van der Waals surface area (Å²) in [5.41, 5.74) is 0. The van der Waals surface area contributed by atoms with Crippen LogP contribution in [0.25, 0.3) is 0 Å². The molecule has 2 atom stereocenters. The van der Waals surface area contributed by atoms with Crippen molar-refractivity contribution in [3.05, 3.63) is 54.0 Å². The number of amides is 1. The minimum absolute atomic E-state index is 0.0143. The standard InChI is InChI=1S/C16H19NO2S/c1-11-9-10-15(19-11)12(2)17-16(18)13(3)20-14-7-5-4-6-8-14/h4-10,12-13H,1-3H3,(H,17,18). The first-order valence-electron chi connectivity index (χ1n) is 6.64. The normalized spacial score (nSPS) is 13.8. The molecule has 0 aliphatic heterocycles. The number of furan rings is 1. The molecule has 0 radical (unpaired) electrons. The summed E-state index contributed by atoms with van der Waals surface area (Å²) in [7, 11) is 0. The first-order valence-corrected chi connectivity index (χ1v) is 7.52. The summed E-state index contributed by atoms with van der Waals surface area (Å²) in [6.07, 6.45) is 0. The van der Waals surface area contributed by atoms with Crippen LogP contribution in [0.4, 0.5) is 0 Å². The molecule has 0 aliphatic rings. The molecule has 1 N–H and O–H groups in total. The molecule has 0 bridgehead atoms. The highest BCUT2D eigenvalue weighted by Gasteiger charge is 2.18. The van der Waals surface area contributed by atoms with Gasteiger partial charge in [0.2, 0.25) is 5.91 Å². The van der Waals surface area contributed by atoms with E-state index in [0.717, 1.165) is 16.4 Å². The lowest BCUT2D eigenvalue weighted by atomic mass is 10.2. The van der Waals surface area contributed by atoms with Gasteiger partial charge in [-0.05, 0) is 45.0 Å². The summed E-state index contributed by atoms with van der Waals surface area (Å²) in [5.74, 6) is 1.65. The van der Waals surface area contributed by atoms with E-state index in [4.69, 9.17) is 4.42 Å². The summed E-state index contributed by atoms with van der Waals surface area (Å²) in [6.45, 7) is 5.73. The predicted octanol–water partition coefficient (Wildman–Crippen LogP) is 3.95. The van der Waals surface area contributed by atoms with Gasteiger partial charge < -0.3 is 9.73 Å². The van der Waals surface area contributed by atoms with Crippen molar-refractivity contribution in [2.75, 3.05) is 0 Å². The molecule has 4 heteroatoms. The lowest BCUT2D eigenvalue weighted by molar-refractivity contribution is -0.121. The largest absolute Gasteiger partial charge is 0.464 e. The zero-order chi connectivity index (χ0) is 14.5. The molecular formula is C16H19NO2S. The minimum Gasteiger partial charge on any atom is -0.464 e. The van der Waals surface area contributed by atoms with Crippen LogP contribution in [0.2, 0.25) is 0 Å². The molecule has 2 rings (SSSR count). The second-order valence-corrected chi connectivity index (χ2v) is 6.17. The molecular weight excluding hydrogens is 270 g/mol. The second-order valence-electron chi connectivity index (χ2n) is 4.75. The molecule has 1 aromatic carbocycles. The Labute approximate surface area is 123 Å². The topological polar surface area (TPSA) is 42.2 Å². The Morgan fingerprint density at radius 2 is 1.85 bits per heavy atom. The van der Waals surface area contributed by atoms with Crippen LogP contribution in [0.3, 0.4) is 0 Å². The molecule has 1 amide bonds. The van der Waals surface area contributed by atoms with Crippen LogP contribution >= 0.6 is 11.8 Å². The third-order valence-corrected chi connectivity index (χ3v) is 4.08. The summed E-state index contributed by atoms with van der Waals surface area (Å²) in [6, 6.07) is 13.6. The van der Waals surface area contributed by atoms with Crippen LogP contribution in [0.15, 0.2) is 51.8 Å². The van der Waals surface area contributed by atoms with Gasteiger partial charge in [0.1, 0.15) is 11.5 Å². The third-order valence-electron chi connectivity index (χ3n) is 2.97. The maximum atomic E-state index is 12.2. The van der Waals surface area contributed by atoms with Gasteiger partial charge in [0, 0.05) is 4.90 Å². The van der Waals surface area contributed by atoms with Crippen molar-refractivity contribution in [3.63, 3.8) is 0 Å². The average Bonchev–Trinajstić information content (AvgIpc) is 2.86. The van der Waals surface area contributed by atoms with Crippen molar-refractivity contribution < 1.29 is 9.21 Å². The average molecular weight is 289 g/mol. The van der Waals surface area contributed by atoms with Gasteiger partial charge in [-0.1, -0.05) is 18.2 Å². The van der Waals surface area contributed by atoms with Gasteiger partial charge in [-0.15, -0.1) is 11.8 Å². The number of benzene rings is 1. The molecule has 106 valence electrons. The van der Waals surface area contributed by atoms with Gasteiger partial charge >= 0.3 is 0 Å². The Balaban J connectivity index is 1.91. The van der Waals surface area contributed by atoms with Crippen LogP contribution in [0, 0.1) is 6.92 Å². The van der Waals surface area contributed by atoms with Gasteiger partial charge in [-0.25, -0.2) is 0 Å². The SMILES string of the molecule is Cc1ccc(C(C)NC(=O)C(C)Sc2ccccc2)o1. The fourth-order valence-corrected chi connectivity index (χ4v) is 2.74. The van der Waals surface area contributed by atoms with Gasteiger partial charge in [0.25, 0.3) is 0 Å². The number of aryl methyl sites for hydroxylation is 1. The van der Waals surface area contributed by atoms with Crippen molar-refractivity contribution in [2.24, 2.45) is 0 Å². The fourth-order valence-electron chi connectivity index (χ4n) is 1.84. The van der Waals surface area contributed by atoms with Crippen LogP contribution in [0.5, 0.6) is 0 Å². The van der Waals surface area contributed by atoms with Gasteiger partial charge in [0.15, 0.2) is 0 Å². The Morgan fingerprint density at radius 1 is 1.15 bits per heavy atom. The van der Waals surface area contributed by atoms with Gasteiger partial charge in [-0.3, -0.25) is 4.79 Å². The maximum Gasteiger partial charge on any atom is 0.233 e. The molecule has 0 fully saturated rings. The third kappa shape index (κ3) is 3.90. The monoisotopic (exact) mass is 289 g/mol. The van der Waals surface area contributed by atoms with Crippen molar-refractivity contribution in [1.29, 1.82) is 0 Å². The van der Waals surface area contributed by atoms with Crippen molar-refractivity contribution in [1.82, 2.24) is 5.32 Å². The van der Waals surface area contributed by atoms with E-state index in [1.54, 1.807) is 11.8 Å². The van der Waals surface area contributed by atoms with E-state index in [-0.39, 0.29) is 17.2 Å². The van der Waals surface area contributed by atoms with Crippen molar-refractivity contribution >= 4 is 17.7 Å². The highest BCUT2D eigenvalue weighted by molar-refractivity contribution is 8.00. The number of carbonyl (C=O) groups excluding carboxylic acids is 1. The smallest absolute Gasteiger partial charge is 0.233 e. The van der Waals surface area contributed by atoms with E-state index in [1.807, 2.05) is 63.2 Å². The Morgan fingerprint density at radius 3 is 2.45 bits per heavy atom. The second kappa shape index (κ2) is 6.66. The summed E-state index contributed by atoms with van der Waals surface area (Å²) >= 11 is 1.55. The zero-order valence-corrected chi connectivity index (χ0v) is 12.7. The van der Waals surface area contributed by atoms with E-state index in [9.17, 15) is 4.79 Å². The highest BCUT2D eigenvalue weighted by atomic mass is 32.2. The number of hydrogen-bond donors (Lipinski definition) is 1. The molecule has 1 heterocycles. The summed E-state index contributed by atoms with van der Waals surface area (Å²) < 4.78 is 5.52. The van der Waals surface area contributed by atoms with Gasteiger partial charge in [0.05, 0.1) is 11.3 Å². The van der Waals surface area contributed by atoms with E-state index in [2.05, 4.69) is 5.32 Å². The summed E-state index contributed by atoms with van der Waals surface area (Å²) in [4.78, 5) is 13.3. The number of nitrogens with one attached hydrogen (secondary N) is 1. The number of hydrogen-bond acceptors (Lipinski definition) is 3. The Hall–Kier alpha value is -1.68. The van der Waals surface area contributed by atoms with E-state index in [1.165, 1.54) is 0 Å². The Bertz CT molecular complexity index is 565. The lowest BCUT2D eigenvalue weighted by Gasteiger charge is -2.15. The van der Waals surface area contributed by atoms with E-state index >= 15 is 0 Å². The first-order chi connectivity index (χ1) is 9.56. The Kier molecular flexibility index (Phi) is 4.90. The molecule has 0 aliphatic carbocycles. The van der Waals surface area contributed by atoms with E-state index in [0.29, 0.717) is 0 Å². The predicted molar refractivity (Wildman–Crippen MR) is 81.8 cm³/mol. The van der Waals surface area contributed by atoms with Crippen molar-refractivity contribution in [3.8, 4) is 0 Å². The molecule has 0 spiro atoms. The maximum absolute atomic E-state index is 12.2. The minimum atomic E-state index is -0.143. The number of thioether (sulfide) groups is 1. The molecule has 1 aromatic heterocycles. The van der Waals surface area contributed by atoms with Crippen LogP contribution < -0.4 is 5.32 Å². The molecule has 0 saturated carbocycles. The van der Waals surface area contributed by atoms with Crippen LogP contribution in [0.1, 0.15) is 31.4 Å². The first kappa shape index (κ1) is 14.7. The number of rotatable bonds is 5. The molecule has 3 nitrogen and oxygen atoms in total. The molecule has 0 saturated heterocycles. The quantitative estimate of drug-likeness (QED) is 0.848. The van der Waals surface area contributed by atoms with Crippen LogP contribution in [-0.4, -0.2) is 11.2 Å². The highest BCUT2D eigenvalue weighted by Crippen LogP contribution is 2.23. The summed E-state index contributed by atoms with van der Waals surface area (Å²) in [5, 5.41) is 2.83.